The van der Waals surface area contributed by atoms with Crippen molar-refractivity contribution in [1.29, 1.82) is 0 Å². The number of carbonyl (C=O) groups is 2. The lowest BCUT2D eigenvalue weighted by Crippen LogP contribution is -2.28. The molecule has 0 saturated carbocycles. The minimum absolute atomic E-state index is 0.0982. The third-order valence-corrected chi connectivity index (χ3v) is 2.01. The van der Waals surface area contributed by atoms with Gasteiger partial charge >= 0.3 is 12.1 Å². The normalized spacial score (nSPS) is 9.53. The highest BCUT2D eigenvalue weighted by molar-refractivity contribution is 5.91. The van der Waals surface area contributed by atoms with Gasteiger partial charge in [0.15, 0.2) is 0 Å². The van der Waals surface area contributed by atoms with Crippen molar-refractivity contribution in [2.75, 3.05) is 13.2 Å². The molecule has 5 heteroatoms. The van der Waals surface area contributed by atoms with Gasteiger partial charge in [-0.05, 0) is 13.3 Å². The molecule has 1 N–H and O–H groups in total. The van der Waals surface area contributed by atoms with Gasteiger partial charge in [-0.25, -0.2) is 9.59 Å². The van der Waals surface area contributed by atoms with Gasteiger partial charge < -0.3 is 9.47 Å². The van der Waals surface area contributed by atoms with Gasteiger partial charge in [0.1, 0.15) is 5.70 Å². The van der Waals surface area contributed by atoms with Crippen LogP contribution in [0, 0.1) is 0 Å². The maximum Gasteiger partial charge on any atom is 0.411 e. The summed E-state index contributed by atoms with van der Waals surface area (Å²) in [6, 6.07) is 0. The second kappa shape index (κ2) is 9.69. The van der Waals surface area contributed by atoms with Crippen molar-refractivity contribution in [3.05, 3.63) is 12.3 Å². The van der Waals surface area contributed by atoms with Crippen molar-refractivity contribution >= 4 is 12.1 Å². The van der Waals surface area contributed by atoms with Crippen molar-refractivity contribution in [3.63, 3.8) is 0 Å². The third kappa shape index (κ3) is 8.30. The molecule has 0 unspecified atom stereocenters. The number of ether oxygens (including phenoxy) is 2. The molecule has 0 aliphatic carbocycles. The van der Waals surface area contributed by atoms with Gasteiger partial charge in [-0.1, -0.05) is 32.8 Å². The van der Waals surface area contributed by atoms with Crippen LogP contribution in [0.3, 0.4) is 0 Å². The first-order valence-electron chi connectivity index (χ1n) is 5.91. The molecule has 0 aromatic heterocycles. The van der Waals surface area contributed by atoms with E-state index in [4.69, 9.17) is 4.74 Å². The van der Waals surface area contributed by atoms with Crippen molar-refractivity contribution in [2.45, 2.75) is 39.5 Å². The summed E-state index contributed by atoms with van der Waals surface area (Å²) in [5.74, 6) is -0.616. The van der Waals surface area contributed by atoms with Crippen LogP contribution >= 0.6 is 0 Å². The largest absolute Gasteiger partial charge is 0.461 e. The maximum absolute atomic E-state index is 11.3. The highest BCUT2D eigenvalue weighted by Gasteiger charge is 2.11. The Bertz CT molecular complexity index is 263. The molecule has 0 saturated heterocycles. The van der Waals surface area contributed by atoms with Crippen LogP contribution in [0.5, 0.6) is 0 Å². The van der Waals surface area contributed by atoms with Gasteiger partial charge in [-0.3, -0.25) is 5.32 Å². The minimum Gasteiger partial charge on any atom is -0.461 e. The zero-order chi connectivity index (χ0) is 13.1. The second-order valence-electron chi connectivity index (χ2n) is 3.52. The molecular formula is C12H21NO4. The lowest BCUT2D eigenvalue weighted by molar-refractivity contribution is -0.139. The lowest BCUT2D eigenvalue weighted by Gasteiger charge is -2.08. The SMILES string of the molecule is C=C(NC(=O)OCC)C(=O)OCCCCCC. The van der Waals surface area contributed by atoms with Gasteiger partial charge in [-0.15, -0.1) is 0 Å². The average Bonchev–Trinajstić information content (AvgIpc) is 2.28. The summed E-state index contributed by atoms with van der Waals surface area (Å²) in [6.45, 7) is 7.78. The highest BCUT2D eigenvalue weighted by atomic mass is 16.6. The number of hydrogen-bond donors (Lipinski definition) is 1. The van der Waals surface area contributed by atoms with E-state index >= 15 is 0 Å². The van der Waals surface area contributed by atoms with E-state index < -0.39 is 12.1 Å². The van der Waals surface area contributed by atoms with Crippen LogP contribution in [0.25, 0.3) is 0 Å². The van der Waals surface area contributed by atoms with E-state index in [9.17, 15) is 9.59 Å². The Kier molecular flexibility index (Phi) is 8.82. The Labute approximate surface area is 102 Å². The first-order chi connectivity index (χ1) is 8.11. The average molecular weight is 243 g/mol. The second-order valence-corrected chi connectivity index (χ2v) is 3.52. The van der Waals surface area contributed by atoms with E-state index in [1.807, 2.05) is 0 Å². The van der Waals surface area contributed by atoms with E-state index in [-0.39, 0.29) is 12.3 Å². The Hall–Kier alpha value is -1.52. The number of rotatable bonds is 8. The quantitative estimate of drug-likeness (QED) is 0.404. The molecule has 0 heterocycles. The van der Waals surface area contributed by atoms with Crippen LogP contribution in [-0.2, 0) is 14.3 Å². The van der Waals surface area contributed by atoms with E-state index in [0.717, 1.165) is 25.7 Å². The smallest absolute Gasteiger partial charge is 0.411 e. The summed E-state index contributed by atoms with van der Waals surface area (Å²) in [5, 5.41) is 2.20. The Morgan fingerprint density at radius 3 is 2.41 bits per heavy atom. The van der Waals surface area contributed by atoms with Gasteiger partial charge in [-0.2, -0.15) is 0 Å². The fraction of sp³-hybridized carbons (Fsp3) is 0.667. The molecule has 0 radical (unpaired) electrons. The molecule has 0 aliphatic heterocycles. The number of hydrogen-bond acceptors (Lipinski definition) is 4. The van der Waals surface area contributed by atoms with Crippen LogP contribution in [0.2, 0.25) is 0 Å². The predicted molar refractivity (Wildman–Crippen MR) is 64.4 cm³/mol. The number of esters is 1. The topological polar surface area (TPSA) is 64.6 Å². The predicted octanol–water partition coefficient (Wildman–Crippen LogP) is 2.37. The van der Waals surface area contributed by atoms with Crippen LogP contribution in [0.4, 0.5) is 4.79 Å². The standard InChI is InChI=1S/C12H21NO4/c1-4-6-7-8-9-17-11(14)10(3)13-12(15)16-5-2/h3-9H2,1-2H3,(H,13,15). The summed E-state index contributed by atoms with van der Waals surface area (Å²) in [5.41, 5.74) is -0.0982. The van der Waals surface area contributed by atoms with Gasteiger partial charge in [0.2, 0.25) is 0 Å². The van der Waals surface area contributed by atoms with Crippen LogP contribution in [-0.4, -0.2) is 25.3 Å². The number of nitrogens with one attached hydrogen (secondary N) is 1. The summed E-state index contributed by atoms with van der Waals surface area (Å²) in [4.78, 5) is 22.3. The molecule has 0 atom stereocenters. The minimum atomic E-state index is -0.694. The molecule has 98 valence electrons. The van der Waals surface area contributed by atoms with Crippen molar-refractivity contribution in [3.8, 4) is 0 Å². The Balaban J connectivity index is 3.67. The molecule has 17 heavy (non-hydrogen) atoms. The summed E-state index contributed by atoms with van der Waals surface area (Å²) in [6.07, 6.45) is 3.42. The molecule has 0 spiro atoms. The van der Waals surface area contributed by atoms with Crippen molar-refractivity contribution < 1.29 is 19.1 Å². The molecule has 0 rings (SSSR count). The van der Waals surface area contributed by atoms with E-state index in [2.05, 4.69) is 23.6 Å². The van der Waals surface area contributed by atoms with E-state index in [1.54, 1.807) is 6.92 Å². The van der Waals surface area contributed by atoms with Gasteiger partial charge in [0.05, 0.1) is 13.2 Å². The van der Waals surface area contributed by atoms with Gasteiger partial charge in [0.25, 0.3) is 0 Å². The molecule has 0 aliphatic rings. The molecule has 0 aromatic rings. The van der Waals surface area contributed by atoms with Gasteiger partial charge in [0, 0.05) is 0 Å². The van der Waals surface area contributed by atoms with Crippen LogP contribution < -0.4 is 5.32 Å². The number of amides is 1. The maximum atomic E-state index is 11.3. The monoisotopic (exact) mass is 243 g/mol. The lowest BCUT2D eigenvalue weighted by atomic mass is 10.2. The van der Waals surface area contributed by atoms with Crippen molar-refractivity contribution in [1.82, 2.24) is 5.32 Å². The zero-order valence-electron chi connectivity index (χ0n) is 10.6. The van der Waals surface area contributed by atoms with Crippen LogP contribution in [0.15, 0.2) is 12.3 Å². The summed E-state index contributed by atoms with van der Waals surface area (Å²) < 4.78 is 9.52. The fourth-order valence-corrected chi connectivity index (χ4v) is 1.12. The molecule has 0 bridgehead atoms. The molecule has 0 aromatic carbocycles. The number of alkyl carbamates (subject to hydrolysis) is 1. The van der Waals surface area contributed by atoms with E-state index in [0.29, 0.717) is 6.61 Å². The van der Waals surface area contributed by atoms with Crippen molar-refractivity contribution in [2.24, 2.45) is 0 Å². The molecular weight excluding hydrogens is 222 g/mol. The Morgan fingerprint density at radius 2 is 1.82 bits per heavy atom. The number of unbranched alkanes of at least 4 members (excludes halogenated alkanes) is 3. The summed E-state index contributed by atoms with van der Waals surface area (Å²) >= 11 is 0. The first-order valence-corrected chi connectivity index (χ1v) is 5.91. The first kappa shape index (κ1) is 15.5. The van der Waals surface area contributed by atoms with E-state index in [1.165, 1.54) is 0 Å². The Morgan fingerprint density at radius 1 is 1.12 bits per heavy atom. The number of carbonyl (C=O) groups excluding carboxylic acids is 2. The molecule has 0 fully saturated rings. The zero-order valence-corrected chi connectivity index (χ0v) is 10.6. The highest BCUT2D eigenvalue weighted by Crippen LogP contribution is 2.00. The molecule has 1 amide bonds. The summed E-state index contributed by atoms with van der Waals surface area (Å²) in [7, 11) is 0. The van der Waals surface area contributed by atoms with Crippen LogP contribution in [0.1, 0.15) is 39.5 Å². The fourth-order valence-electron chi connectivity index (χ4n) is 1.12. The third-order valence-electron chi connectivity index (χ3n) is 2.01. The molecule has 5 nitrogen and oxygen atoms in total.